The van der Waals surface area contributed by atoms with Crippen LogP contribution in [0.25, 0.3) is 11.1 Å². The van der Waals surface area contributed by atoms with Gasteiger partial charge in [-0.1, -0.05) is 55.5 Å². The molecular weight excluding hydrogens is 464 g/mol. The van der Waals surface area contributed by atoms with E-state index in [-0.39, 0.29) is 31.3 Å². The molecule has 7 nitrogen and oxygen atoms in total. The minimum absolute atomic E-state index is 0.0310. The van der Waals surface area contributed by atoms with Crippen molar-refractivity contribution in [2.24, 2.45) is 0 Å². The molecule has 186 valence electrons. The summed E-state index contributed by atoms with van der Waals surface area (Å²) in [5.41, 5.74) is 3.90. The predicted molar refractivity (Wildman–Crippen MR) is 137 cm³/mol. The molecule has 2 aromatic rings. The van der Waals surface area contributed by atoms with Gasteiger partial charge in [-0.15, -0.1) is 0 Å². The zero-order valence-corrected chi connectivity index (χ0v) is 20.7. The van der Waals surface area contributed by atoms with Crippen LogP contribution in [-0.4, -0.2) is 52.8 Å². The Morgan fingerprint density at radius 2 is 1.66 bits per heavy atom. The van der Waals surface area contributed by atoms with Gasteiger partial charge in [-0.2, -0.15) is 11.8 Å². The average Bonchev–Trinajstić information content (AvgIpc) is 3.16. The molecule has 0 bridgehead atoms. The second-order valence-corrected chi connectivity index (χ2v) is 10.5. The van der Waals surface area contributed by atoms with Crippen LogP contribution in [0.3, 0.4) is 0 Å². The van der Waals surface area contributed by atoms with E-state index in [0.717, 1.165) is 33.8 Å². The van der Waals surface area contributed by atoms with E-state index in [2.05, 4.69) is 34.9 Å². The Labute approximate surface area is 210 Å². The summed E-state index contributed by atoms with van der Waals surface area (Å²) in [5, 5.41) is 15.1. The molecule has 2 amide bonds. The summed E-state index contributed by atoms with van der Waals surface area (Å²) in [6.45, 7) is 2.10. The van der Waals surface area contributed by atoms with Crippen molar-refractivity contribution >= 4 is 29.7 Å². The fourth-order valence-corrected chi connectivity index (χ4v) is 6.35. The summed E-state index contributed by atoms with van der Waals surface area (Å²) in [5.74, 6) is 0.451. The number of alkyl carbamates (subject to hydrolysis) is 1. The number of rotatable bonds is 9. The molecule has 1 saturated heterocycles. The van der Waals surface area contributed by atoms with Gasteiger partial charge < -0.3 is 20.5 Å². The minimum atomic E-state index is -0.916. The third kappa shape index (κ3) is 5.99. The number of aliphatic carboxylic acids is 1. The quantitative estimate of drug-likeness (QED) is 0.470. The van der Waals surface area contributed by atoms with Crippen LogP contribution in [0.4, 0.5) is 4.79 Å². The molecule has 3 N–H and O–H groups in total. The van der Waals surface area contributed by atoms with Crippen LogP contribution in [0.2, 0.25) is 0 Å². The zero-order valence-electron chi connectivity index (χ0n) is 19.9. The Kier molecular flexibility index (Phi) is 8.00. The number of carboxylic acids is 1. The lowest BCUT2D eigenvalue weighted by molar-refractivity contribution is -0.139. The molecule has 2 aliphatic rings. The normalized spacial score (nSPS) is 17.1. The van der Waals surface area contributed by atoms with Crippen molar-refractivity contribution < 1.29 is 24.2 Å². The molecule has 2 aromatic carbocycles. The zero-order chi connectivity index (χ0) is 24.8. The topological polar surface area (TPSA) is 105 Å². The predicted octanol–water partition coefficient (Wildman–Crippen LogP) is 4.55. The smallest absolute Gasteiger partial charge is 0.407 e. The molecule has 0 spiro atoms. The maximum absolute atomic E-state index is 12.8. The van der Waals surface area contributed by atoms with Crippen molar-refractivity contribution in [2.45, 2.75) is 56.5 Å². The fraction of sp³-hybridized carbons (Fsp3) is 0.444. The van der Waals surface area contributed by atoms with Crippen LogP contribution in [-0.2, 0) is 14.3 Å². The number of carbonyl (C=O) groups is 3. The number of amides is 2. The highest BCUT2D eigenvalue weighted by Crippen LogP contribution is 2.44. The van der Waals surface area contributed by atoms with E-state index in [1.54, 1.807) is 11.8 Å². The fourth-order valence-electron chi connectivity index (χ4n) is 5.07. The van der Waals surface area contributed by atoms with Crippen molar-refractivity contribution in [3.63, 3.8) is 0 Å². The molecule has 0 saturated carbocycles. The number of carboxylic acid groups (broad SMARTS) is 1. The first-order chi connectivity index (χ1) is 16.9. The lowest BCUT2D eigenvalue weighted by atomic mass is 9.88. The van der Waals surface area contributed by atoms with E-state index in [0.29, 0.717) is 19.3 Å². The van der Waals surface area contributed by atoms with Gasteiger partial charge in [0.15, 0.2) is 0 Å². The van der Waals surface area contributed by atoms with Gasteiger partial charge in [-0.25, -0.2) is 4.79 Å². The second-order valence-electron chi connectivity index (χ2n) is 9.29. The Balaban J connectivity index is 1.33. The monoisotopic (exact) mass is 496 g/mol. The van der Waals surface area contributed by atoms with Crippen molar-refractivity contribution in [1.29, 1.82) is 0 Å². The van der Waals surface area contributed by atoms with E-state index >= 15 is 0 Å². The first kappa shape index (κ1) is 25.1. The van der Waals surface area contributed by atoms with E-state index in [4.69, 9.17) is 4.74 Å². The van der Waals surface area contributed by atoms with Gasteiger partial charge in [0, 0.05) is 18.4 Å². The number of carbonyl (C=O) groups excluding carboxylic acids is 2. The highest BCUT2D eigenvalue weighted by atomic mass is 32.2. The molecule has 1 heterocycles. The molecule has 4 rings (SSSR count). The van der Waals surface area contributed by atoms with Crippen molar-refractivity contribution in [3.8, 4) is 11.1 Å². The Bertz CT molecular complexity index is 1040. The third-order valence-corrected chi connectivity index (χ3v) is 7.92. The summed E-state index contributed by atoms with van der Waals surface area (Å²) < 4.78 is 5.61. The van der Waals surface area contributed by atoms with Gasteiger partial charge in [0.2, 0.25) is 5.91 Å². The summed E-state index contributed by atoms with van der Waals surface area (Å²) >= 11 is 1.77. The van der Waals surface area contributed by atoms with Gasteiger partial charge in [-0.05, 0) is 53.0 Å². The molecule has 1 aliphatic carbocycles. The number of hydrogen-bond donors (Lipinski definition) is 3. The number of thioether (sulfide) groups is 1. The van der Waals surface area contributed by atoms with E-state index in [9.17, 15) is 19.5 Å². The Hall–Kier alpha value is -3.00. The summed E-state index contributed by atoms with van der Waals surface area (Å²) in [6, 6.07) is 15.9. The minimum Gasteiger partial charge on any atom is -0.481 e. The number of fused-ring (bicyclic) bond motifs is 3. The van der Waals surface area contributed by atoms with Crippen LogP contribution in [0.1, 0.15) is 56.1 Å². The maximum atomic E-state index is 12.8. The largest absolute Gasteiger partial charge is 0.481 e. The highest BCUT2D eigenvalue weighted by molar-refractivity contribution is 7.99. The van der Waals surface area contributed by atoms with Gasteiger partial charge >= 0.3 is 12.1 Å². The lowest BCUT2D eigenvalue weighted by Crippen LogP contribution is -2.53. The summed E-state index contributed by atoms with van der Waals surface area (Å²) in [4.78, 5) is 36.8. The number of hydrogen-bond acceptors (Lipinski definition) is 5. The molecule has 8 heteroatoms. The number of benzene rings is 2. The average molecular weight is 497 g/mol. The van der Waals surface area contributed by atoms with Gasteiger partial charge in [0.1, 0.15) is 6.61 Å². The van der Waals surface area contributed by atoms with Crippen LogP contribution >= 0.6 is 11.8 Å². The Morgan fingerprint density at radius 3 is 2.23 bits per heavy atom. The van der Waals surface area contributed by atoms with Crippen LogP contribution in [0.5, 0.6) is 0 Å². The van der Waals surface area contributed by atoms with Crippen LogP contribution in [0, 0.1) is 0 Å². The first-order valence-corrected chi connectivity index (χ1v) is 13.3. The first-order valence-electron chi connectivity index (χ1n) is 12.1. The van der Waals surface area contributed by atoms with Gasteiger partial charge in [-0.3, -0.25) is 9.59 Å². The second kappa shape index (κ2) is 11.2. The molecule has 35 heavy (non-hydrogen) atoms. The molecular formula is C27H32N2O5S. The van der Waals surface area contributed by atoms with E-state index in [1.807, 2.05) is 31.2 Å². The Morgan fingerprint density at radius 1 is 1.06 bits per heavy atom. The third-order valence-electron chi connectivity index (χ3n) is 6.93. The summed E-state index contributed by atoms with van der Waals surface area (Å²) in [6.07, 6.45) is 1.25. The SMILES string of the molecule is CC[C@@H](CC(=O)NC1(CC(=O)O)CCSCC1)NC(=O)OCC1c2ccccc2-c2ccccc21. The van der Waals surface area contributed by atoms with Crippen molar-refractivity contribution in [1.82, 2.24) is 10.6 Å². The van der Waals surface area contributed by atoms with Crippen molar-refractivity contribution in [3.05, 3.63) is 59.7 Å². The standard InChI is InChI=1S/C27H32N2O5S/c1-2-18(15-24(30)29-27(16-25(31)32)11-13-35-14-12-27)28-26(33)34-17-23-21-9-5-3-7-19(21)20-8-4-6-10-22(20)23/h3-10,18,23H,2,11-17H2,1H3,(H,28,33)(H,29,30)(H,31,32)/t18-/m0/s1. The molecule has 0 radical (unpaired) electrons. The molecule has 0 unspecified atom stereocenters. The number of nitrogens with one attached hydrogen (secondary N) is 2. The van der Waals surface area contributed by atoms with Gasteiger partial charge in [0.25, 0.3) is 0 Å². The molecule has 1 fully saturated rings. The summed E-state index contributed by atoms with van der Waals surface area (Å²) in [7, 11) is 0. The number of ether oxygens (including phenoxy) is 1. The lowest BCUT2D eigenvalue weighted by Gasteiger charge is -2.37. The molecule has 1 aliphatic heterocycles. The van der Waals surface area contributed by atoms with Crippen molar-refractivity contribution in [2.75, 3.05) is 18.1 Å². The van der Waals surface area contributed by atoms with E-state index in [1.165, 1.54) is 0 Å². The molecule has 0 aromatic heterocycles. The van der Waals surface area contributed by atoms with Crippen LogP contribution in [0.15, 0.2) is 48.5 Å². The van der Waals surface area contributed by atoms with Crippen LogP contribution < -0.4 is 10.6 Å². The van der Waals surface area contributed by atoms with E-state index < -0.39 is 23.6 Å². The van der Waals surface area contributed by atoms with Gasteiger partial charge in [0.05, 0.1) is 12.0 Å². The maximum Gasteiger partial charge on any atom is 0.407 e. The highest BCUT2D eigenvalue weighted by Gasteiger charge is 2.36. The molecule has 1 atom stereocenters.